The van der Waals surface area contributed by atoms with E-state index in [2.05, 4.69) is 10.3 Å². The maximum absolute atomic E-state index is 13.2. The van der Waals surface area contributed by atoms with E-state index >= 15 is 0 Å². The summed E-state index contributed by atoms with van der Waals surface area (Å²) in [5, 5.41) is 4.50. The van der Waals surface area contributed by atoms with Crippen LogP contribution in [0, 0.1) is 5.82 Å². The summed E-state index contributed by atoms with van der Waals surface area (Å²) in [7, 11) is 0. The number of aromatic nitrogens is 1. The summed E-state index contributed by atoms with van der Waals surface area (Å²) >= 11 is 0. The average molecular weight is 405 g/mol. The van der Waals surface area contributed by atoms with Gasteiger partial charge < -0.3 is 10.6 Å². The number of hydrogen-bond donors (Lipinski definition) is 2. The molecular formula is C20H15F4N3O2. The third-order valence-corrected chi connectivity index (χ3v) is 4.00. The van der Waals surface area contributed by atoms with E-state index in [0.717, 1.165) is 0 Å². The van der Waals surface area contributed by atoms with Gasteiger partial charge in [0.05, 0.1) is 23.3 Å². The number of benzene rings is 2. The Morgan fingerprint density at radius 3 is 2.34 bits per heavy atom. The minimum atomic E-state index is -4.54. The zero-order chi connectivity index (χ0) is 21.0. The van der Waals surface area contributed by atoms with Crippen molar-refractivity contribution in [1.29, 1.82) is 0 Å². The van der Waals surface area contributed by atoms with Crippen molar-refractivity contribution in [3.63, 3.8) is 0 Å². The molecule has 0 fully saturated rings. The normalized spacial score (nSPS) is 11.3. The van der Waals surface area contributed by atoms with Crippen molar-refractivity contribution in [1.82, 2.24) is 15.6 Å². The van der Waals surface area contributed by atoms with E-state index in [1.54, 1.807) is 29.6 Å². The van der Waals surface area contributed by atoms with Crippen LogP contribution in [0.4, 0.5) is 17.6 Å². The van der Waals surface area contributed by atoms with Gasteiger partial charge in [0.25, 0.3) is 5.91 Å². The molecule has 0 atom stereocenters. The van der Waals surface area contributed by atoms with E-state index in [4.69, 9.17) is 0 Å². The number of halogens is 4. The van der Waals surface area contributed by atoms with Crippen LogP contribution in [-0.4, -0.2) is 36.1 Å². The Kier molecular flexibility index (Phi) is 5.76. The van der Waals surface area contributed by atoms with Crippen LogP contribution >= 0.6 is 0 Å². The Balaban J connectivity index is 1.84. The lowest BCUT2D eigenvalue weighted by atomic mass is 10.0. The zero-order valence-electron chi connectivity index (χ0n) is 14.9. The van der Waals surface area contributed by atoms with E-state index in [1.165, 1.54) is 30.3 Å². The maximum atomic E-state index is 13.2. The molecule has 9 heteroatoms. The van der Waals surface area contributed by atoms with Gasteiger partial charge in [-0.1, -0.05) is 18.2 Å². The number of fused-ring (bicyclic) bond motifs is 1. The molecule has 2 amide bonds. The molecule has 3 rings (SSSR count). The predicted molar refractivity (Wildman–Crippen MR) is 98.5 cm³/mol. The van der Waals surface area contributed by atoms with Gasteiger partial charge in [0.2, 0.25) is 5.91 Å². The summed E-state index contributed by atoms with van der Waals surface area (Å²) in [6.07, 6.45) is -4.54. The number of para-hydroxylation sites is 1. The van der Waals surface area contributed by atoms with Crippen LogP contribution in [0.1, 0.15) is 10.4 Å². The minimum Gasteiger partial charge on any atom is -0.345 e. The Bertz CT molecular complexity index is 1050. The number of nitrogens with one attached hydrogen (secondary N) is 2. The summed E-state index contributed by atoms with van der Waals surface area (Å²) < 4.78 is 49.6. The summed E-state index contributed by atoms with van der Waals surface area (Å²) in [4.78, 5) is 28.6. The fourth-order valence-corrected chi connectivity index (χ4v) is 2.65. The smallest absolute Gasteiger partial charge is 0.345 e. The molecular weight excluding hydrogens is 390 g/mol. The predicted octanol–water partition coefficient (Wildman–Crippen LogP) is 3.45. The molecule has 29 heavy (non-hydrogen) atoms. The van der Waals surface area contributed by atoms with Crippen LogP contribution in [-0.2, 0) is 4.79 Å². The van der Waals surface area contributed by atoms with Gasteiger partial charge in [0.1, 0.15) is 12.4 Å². The lowest BCUT2D eigenvalue weighted by Gasteiger charge is -2.11. The molecule has 0 saturated heterocycles. The van der Waals surface area contributed by atoms with Gasteiger partial charge in [-0.25, -0.2) is 9.37 Å². The van der Waals surface area contributed by atoms with Gasteiger partial charge in [-0.15, -0.1) is 0 Å². The number of rotatable bonds is 5. The molecule has 0 spiro atoms. The molecule has 5 nitrogen and oxygen atoms in total. The number of amides is 2. The highest BCUT2D eigenvalue weighted by Gasteiger charge is 2.27. The van der Waals surface area contributed by atoms with Gasteiger partial charge in [-0.05, 0) is 36.4 Å². The second-order valence-electron chi connectivity index (χ2n) is 6.15. The molecule has 0 aliphatic carbocycles. The maximum Gasteiger partial charge on any atom is 0.405 e. The van der Waals surface area contributed by atoms with Crippen molar-refractivity contribution in [3.8, 4) is 11.3 Å². The molecule has 0 radical (unpaired) electrons. The van der Waals surface area contributed by atoms with Crippen LogP contribution in [0.3, 0.4) is 0 Å². The highest BCUT2D eigenvalue weighted by molar-refractivity contribution is 6.08. The van der Waals surface area contributed by atoms with Crippen LogP contribution in [0.2, 0.25) is 0 Å². The summed E-state index contributed by atoms with van der Waals surface area (Å²) in [5.74, 6) is -2.03. The molecule has 1 heterocycles. The van der Waals surface area contributed by atoms with Gasteiger partial charge in [0, 0.05) is 10.9 Å². The second kappa shape index (κ2) is 8.26. The van der Waals surface area contributed by atoms with Crippen LogP contribution in [0.15, 0.2) is 54.6 Å². The molecule has 2 aromatic carbocycles. The molecule has 1 aromatic heterocycles. The summed E-state index contributed by atoms with van der Waals surface area (Å²) in [6, 6.07) is 13.8. The van der Waals surface area contributed by atoms with Crippen LogP contribution < -0.4 is 10.6 Å². The fraction of sp³-hybridized carbons (Fsp3) is 0.150. The third kappa shape index (κ3) is 5.28. The quantitative estimate of drug-likeness (QED) is 0.639. The number of hydrogen-bond acceptors (Lipinski definition) is 3. The first-order valence-electron chi connectivity index (χ1n) is 8.50. The molecule has 2 N–H and O–H groups in total. The lowest BCUT2D eigenvalue weighted by Crippen LogP contribution is -2.40. The first-order valence-corrected chi connectivity index (χ1v) is 8.50. The first kappa shape index (κ1) is 20.2. The van der Waals surface area contributed by atoms with Gasteiger partial charge >= 0.3 is 6.18 Å². The average Bonchev–Trinajstić information content (AvgIpc) is 2.69. The molecule has 150 valence electrons. The third-order valence-electron chi connectivity index (χ3n) is 4.00. The summed E-state index contributed by atoms with van der Waals surface area (Å²) in [6.45, 7) is -2.09. The second-order valence-corrected chi connectivity index (χ2v) is 6.15. The Labute approximate surface area is 162 Å². The molecule has 0 bridgehead atoms. The van der Waals surface area contributed by atoms with E-state index in [1.807, 2.05) is 0 Å². The first-order chi connectivity index (χ1) is 13.7. The van der Waals surface area contributed by atoms with Gasteiger partial charge in [0.15, 0.2) is 0 Å². The SMILES string of the molecule is O=C(CNC(=O)c1cc(-c2ccc(F)cc2)nc2ccccc12)NCC(F)(F)F. The monoisotopic (exact) mass is 405 g/mol. The van der Waals surface area contributed by atoms with Crippen molar-refractivity contribution in [2.75, 3.05) is 13.1 Å². The Hall–Kier alpha value is -3.49. The lowest BCUT2D eigenvalue weighted by molar-refractivity contribution is -0.137. The number of pyridine rings is 1. The molecule has 0 unspecified atom stereocenters. The van der Waals surface area contributed by atoms with Crippen molar-refractivity contribution >= 4 is 22.7 Å². The van der Waals surface area contributed by atoms with Gasteiger partial charge in [-0.3, -0.25) is 9.59 Å². The van der Waals surface area contributed by atoms with E-state index in [0.29, 0.717) is 22.2 Å². The number of nitrogens with zero attached hydrogens (tertiary/aromatic N) is 1. The molecule has 0 aliphatic heterocycles. The van der Waals surface area contributed by atoms with Crippen LogP contribution in [0.25, 0.3) is 22.2 Å². The molecule has 0 aliphatic rings. The van der Waals surface area contributed by atoms with E-state index in [-0.39, 0.29) is 5.56 Å². The highest BCUT2D eigenvalue weighted by atomic mass is 19.4. The van der Waals surface area contributed by atoms with Gasteiger partial charge in [-0.2, -0.15) is 13.2 Å². The fourth-order valence-electron chi connectivity index (χ4n) is 2.65. The molecule has 0 saturated carbocycles. The standard InChI is InChI=1S/C20H15F4N3O2/c21-13-7-5-12(6-8-13)17-9-15(14-3-1-2-4-16(14)27-17)19(29)25-10-18(28)26-11-20(22,23)24/h1-9H,10-11H2,(H,25,29)(H,26,28). The largest absolute Gasteiger partial charge is 0.405 e. The van der Waals surface area contributed by atoms with Crippen molar-refractivity contribution in [2.45, 2.75) is 6.18 Å². The molecule has 3 aromatic rings. The minimum absolute atomic E-state index is 0.193. The topological polar surface area (TPSA) is 71.1 Å². The van der Waals surface area contributed by atoms with Crippen molar-refractivity contribution in [3.05, 3.63) is 66.0 Å². The number of carbonyl (C=O) groups is 2. The zero-order valence-corrected chi connectivity index (χ0v) is 14.9. The van der Waals surface area contributed by atoms with Crippen molar-refractivity contribution < 1.29 is 27.2 Å². The Morgan fingerprint density at radius 1 is 0.966 bits per heavy atom. The number of alkyl halides is 3. The van der Waals surface area contributed by atoms with E-state index < -0.39 is 36.9 Å². The van der Waals surface area contributed by atoms with E-state index in [9.17, 15) is 27.2 Å². The summed E-state index contributed by atoms with van der Waals surface area (Å²) in [5.41, 5.74) is 1.68. The highest BCUT2D eigenvalue weighted by Crippen LogP contribution is 2.25. The van der Waals surface area contributed by atoms with Crippen LogP contribution in [0.5, 0.6) is 0 Å². The van der Waals surface area contributed by atoms with Crippen molar-refractivity contribution in [2.24, 2.45) is 0 Å². The number of carbonyl (C=O) groups excluding carboxylic acids is 2. The Morgan fingerprint density at radius 2 is 1.66 bits per heavy atom.